The number of carbonyl (C=O) groups is 1. The van der Waals surface area contributed by atoms with Crippen LogP contribution >= 0.6 is 0 Å². The first-order valence-electron chi connectivity index (χ1n) is 4.80. The zero-order chi connectivity index (χ0) is 13.2. The number of hydrogen-bond donors (Lipinski definition) is 0. The first-order chi connectivity index (χ1) is 7.88. The van der Waals surface area contributed by atoms with Crippen LogP contribution in [0, 0.1) is 21.7 Å². The summed E-state index contributed by atoms with van der Waals surface area (Å²) in [6, 6.07) is 1.12. The summed E-state index contributed by atoms with van der Waals surface area (Å²) in [5.41, 5.74) is -1.26. The predicted molar refractivity (Wildman–Crippen MR) is 56.7 cm³/mol. The quantitative estimate of drug-likeness (QED) is 0.605. The van der Waals surface area contributed by atoms with E-state index in [1.54, 1.807) is 6.92 Å². The molecule has 1 aromatic rings. The Morgan fingerprint density at radius 2 is 2.00 bits per heavy atom. The Labute approximate surface area is 95.8 Å². The maximum atomic E-state index is 13.5. The van der Waals surface area contributed by atoms with Crippen LogP contribution in [0.4, 0.5) is 20.2 Å². The van der Waals surface area contributed by atoms with E-state index in [2.05, 4.69) is 0 Å². The minimum atomic E-state index is -1.17. The summed E-state index contributed by atoms with van der Waals surface area (Å²) in [5.74, 6) is -2.65. The highest BCUT2D eigenvalue weighted by Crippen LogP contribution is 2.27. The Kier molecular flexibility index (Phi) is 3.72. The molecule has 5 nitrogen and oxygen atoms in total. The maximum Gasteiger partial charge on any atom is 0.307 e. The van der Waals surface area contributed by atoms with Crippen LogP contribution < -0.4 is 4.90 Å². The van der Waals surface area contributed by atoms with Crippen LogP contribution in [0.15, 0.2) is 12.1 Å². The van der Waals surface area contributed by atoms with E-state index in [-0.39, 0.29) is 12.2 Å². The fourth-order valence-corrected chi connectivity index (χ4v) is 1.44. The van der Waals surface area contributed by atoms with E-state index in [9.17, 15) is 23.7 Å². The molecule has 0 aromatic heterocycles. The number of nitro benzene ring substituents is 1. The second-order valence-electron chi connectivity index (χ2n) is 3.28. The third-order valence-corrected chi connectivity index (χ3v) is 2.20. The Morgan fingerprint density at radius 3 is 2.41 bits per heavy atom. The van der Waals surface area contributed by atoms with Gasteiger partial charge in [0.1, 0.15) is 0 Å². The van der Waals surface area contributed by atoms with Gasteiger partial charge >= 0.3 is 5.69 Å². The third kappa shape index (κ3) is 2.55. The minimum absolute atomic E-state index is 0.142. The van der Waals surface area contributed by atoms with Crippen LogP contribution in [0.5, 0.6) is 0 Å². The van der Waals surface area contributed by atoms with Crippen LogP contribution in [0.2, 0.25) is 0 Å². The maximum absolute atomic E-state index is 13.5. The summed E-state index contributed by atoms with van der Waals surface area (Å²) >= 11 is 0. The van der Waals surface area contributed by atoms with Crippen molar-refractivity contribution < 1.29 is 18.5 Å². The van der Waals surface area contributed by atoms with E-state index in [0.29, 0.717) is 12.1 Å². The second kappa shape index (κ2) is 4.86. The van der Waals surface area contributed by atoms with Crippen LogP contribution in [0.1, 0.15) is 13.8 Å². The van der Waals surface area contributed by atoms with Gasteiger partial charge in [-0.05, 0) is 6.92 Å². The highest BCUT2D eigenvalue weighted by molar-refractivity contribution is 5.91. The van der Waals surface area contributed by atoms with Crippen molar-refractivity contribution in [2.45, 2.75) is 13.8 Å². The molecule has 0 atom stereocenters. The summed E-state index contributed by atoms with van der Waals surface area (Å²) in [5, 5.41) is 10.4. The summed E-state index contributed by atoms with van der Waals surface area (Å²) in [6.07, 6.45) is 0. The molecule has 0 bridgehead atoms. The van der Waals surface area contributed by atoms with Gasteiger partial charge in [0.25, 0.3) is 0 Å². The van der Waals surface area contributed by atoms with E-state index < -0.39 is 28.2 Å². The van der Waals surface area contributed by atoms with E-state index in [1.165, 1.54) is 6.92 Å². The summed E-state index contributed by atoms with van der Waals surface area (Å²) in [6.45, 7) is 2.92. The molecule has 92 valence electrons. The molecular weight excluding hydrogens is 234 g/mol. The van der Waals surface area contributed by atoms with Gasteiger partial charge in [0.05, 0.1) is 16.7 Å². The lowest BCUT2D eigenvalue weighted by Gasteiger charge is -2.19. The Bertz CT molecular complexity index is 477. The summed E-state index contributed by atoms with van der Waals surface area (Å²) < 4.78 is 26.8. The fourth-order valence-electron chi connectivity index (χ4n) is 1.44. The van der Waals surface area contributed by atoms with Gasteiger partial charge in [-0.1, -0.05) is 0 Å². The number of halogens is 2. The molecule has 0 N–H and O–H groups in total. The van der Waals surface area contributed by atoms with Crippen molar-refractivity contribution in [3.8, 4) is 0 Å². The number of benzene rings is 1. The normalized spacial score (nSPS) is 10.1. The molecule has 0 radical (unpaired) electrons. The highest BCUT2D eigenvalue weighted by atomic mass is 19.1. The smallest absolute Gasteiger partial charge is 0.307 e. The first-order valence-corrected chi connectivity index (χ1v) is 4.80. The lowest BCUT2D eigenvalue weighted by molar-refractivity contribution is -0.387. The summed E-state index contributed by atoms with van der Waals surface area (Å²) in [4.78, 5) is 21.5. The third-order valence-electron chi connectivity index (χ3n) is 2.20. The van der Waals surface area contributed by atoms with Gasteiger partial charge in [0, 0.05) is 19.5 Å². The molecule has 1 aromatic carbocycles. The molecule has 0 saturated carbocycles. The van der Waals surface area contributed by atoms with E-state index >= 15 is 0 Å². The van der Waals surface area contributed by atoms with Crippen molar-refractivity contribution in [1.82, 2.24) is 0 Å². The lowest BCUT2D eigenvalue weighted by Crippen LogP contribution is -2.29. The van der Waals surface area contributed by atoms with Gasteiger partial charge in [-0.15, -0.1) is 0 Å². The number of nitrogens with zero attached hydrogens (tertiary/aromatic N) is 2. The van der Waals surface area contributed by atoms with Crippen molar-refractivity contribution >= 4 is 17.3 Å². The highest BCUT2D eigenvalue weighted by Gasteiger charge is 2.22. The van der Waals surface area contributed by atoms with Gasteiger partial charge in [0.2, 0.25) is 11.7 Å². The van der Waals surface area contributed by atoms with Crippen LogP contribution in [-0.4, -0.2) is 17.4 Å². The number of hydrogen-bond acceptors (Lipinski definition) is 3. The second-order valence-corrected chi connectivity index (χ2v) is 3.28. The van der Waals surface area contributed by atoms with E-state index in [1.807, 2.05) is 0 Å². The Balaban J connectivity index is 3.33. The molecule has 0 unspecified atom stereocenters. The van der Waals surface area contributed by atoms with E-state index in [0.717, 1.165) is 4.90 Å². The molecule has 0 fully saturated rings. The van der Waals surface area contributed by atoms with Gasteiger partial charge in [-0.25, -0.2) is 4.39 Å². The van der Waals surface area contributed by atoms with Crippen molar-refractivity contribution in [3.05, 3.63) is 33.9 Å². The molecule has 0 saturated heterocycles. The summed E-state index contributed by atoms with van der Waals surface area (Å²) in [7, 11) is 0. The Morgan fingerprint density at radius 1 is 1.41 bits per heavy atom. The zero-order valence-corrected chi connectivity index (χ0v) is 9.24. The van der Waals surface area contributed by atoms with Crippen LogP contribution in [-0.2, 0) is 4.79 Å². The molecule has 0 aliphatic heterocycles. The number of carbonyl (C=O) groups excluding carboxylic acids is 1. The van der Waals surface area contributed by atoms with Gasteiger partial charge in [-0.2, -0.15) is 4.39 Å². The van der Waals surface area contributed by atoms with Gasteiger partial charge in [-0.3, -0.25) is 14.9 Å². The molecule has 0 spiro atoms. The van der Waals surface area contributed by atoms with Crippen molar-refractivity contribution in [3.63, 3.8) is 0 Å². The first kappa shape index (κ1) is 13.0. The molecule has 0 aliphatic rings. The van der Waals surface area contributed by atoms with Gasteiger partial charge < -0.3 is 4.90 Å². The van der Waals surface area contributed by atoms with Crippen molar-refractivity contribution in [2.24, 2.45) is 0 Å². The molecule has 7 heteroatoms. The number of rotatable bonds is 3. The van der Waals surface area contributed by atoms with Gasteiger partial charge in [0.15, 0.2) is 5.82 Å². The number of amides is 1. The molecule has 1 rings (SSSR count). The molecule has 0 aliphatic carbocycles. The SMILES string of the molecule is CCN(C(C)=O)c1cc(F)c([N+](=O)[O-])cc1F. The molecular formula is C10H10F2N2O3. The zero-order valence-electron chi connectivity index (χ0n) is 9.24. The largest absolute Gasteiger partial charge is 0.310 e. The van der Waals surface area contributed by atoms with Crippen LogP contribution in [0.25, 0.3) is 0 Å². The number of anilines is 1. The molecule has 0 heterocycles. The van der Waals surface area contributed by atoms with E-state index in [4.69, 9.17) is 0 Å². The minimum Gasteiger partial charge on any atom is -0.310 e. The van der Waals surface area contributed by atoms with Crippen LogP contribution in [0.3, 0.4) is 0 Å². The van der Waals surface area contributed by atoms with Crippen molar-refractivity contribution in [2.75, 3.05) is 11.4 Å². The monoisotopic (exact) mass is 244 g/mol. The molecule has 17 heavy (non-hydrogen) atoms. The number of nitro groups is 1. The topological polar surface area (TPSA) is 63.5 Å². The molecule has 1 amide bonds. The fraction of sp³-hybridized carbons (Fsp3) is 0.300. The average Bonchev–Trinajstić information content (AvgIpc) is 2.22. The average molecular weight is 244 g/mol. The Hall–Kier alpha value is -2.05. The van der Waals surface area contributed by atoms with Crippen molar-refractivity contribution in [1.29, 1.82) is 0 Å². The lowest BCUT2D eigenvalue weighted by atomic mass is 10.2. The standard InChI is InChI=1S/C10H10F2N2O3/c1-3-13(6(2)15)9-4-8(12)10(14(16)17)5-7(9)11/h4-5H,3H2,1-2H3. The predicted octanol–water partition coefficient (Wildman–Crippen LogP) is 2.25.